The van der Waals surface area contributed by atoms with Gasteiger partial charge in [0.2, 0.25) is 5.91 Å². The molecule has 1 aromatic carbocycles. The number of carbonyl (C=O) groups is 1. The molecule has 2 atom stereocenters. The van der Waals surface area contributed by atoms with Crippen LogP contribution in [0.3, 0.4) is 0 Å². The fraction of sp³-hybridized carbons (Fsp3) is 0.400. The summed E-state index contributed by atoms with van der Waals surface area (Å²) in [5, 5.41) is 0. The Morgan fingerprint density at radius 1 is 1.44 bits per heavy atom. The fourth-order valence-electron chi connectivity index (χ4n) is 2.35. The normalized spacial score (nSPS) is 20.9. The standard InChI is InChI=1S/C15H19NO2/c1-4-12-9-15(17)16(10-12)11(2)13-5-7-14(18-3)8-6-13/h4-8,11-12H,1,9-10H2,2-3H3. The van der Waals surface area contributed by atoms with Crippen LogP contribution in [0.4, 0.5) is 0 Å². The molecule has 3 nitrogen and oxygen atoms in total. The Bertz CT molecular complexity index is 438. The van der Waals surface area contributed by atoms with Gasteiger partial charge in [-0.15, -0.1) is 6.58 Å². The van der Waals surface area contributed by atoms with Crippen LogP contribution in [-0.4, -0.2) is 24.5 Å². The van der Waals surface area contributed by atoms with E-state index in [-0.39, 0.29) is 17.9 Å². The van der Waals surface area contributed by atoms with Crippen molar-refractivity contribution in [3.05, 3.63) is 42.5 Å². The highest BCUT2D eigenvalue weighted by Crippen LogP contribution is 2.29. The lowest BCUT2D eigenvalue weighted by Crippen LogP contribution is -2.28. The molecule has 1 heterocycles. The van der Waals surface area contributed by atoms with Crippen LogP contribution >= 0.6 is 0 Å². The van der Waals surface area contributed by atoms with Gasteiger partial charge < -0.3 is 9.64 Å². The Kier molecular flexibility index (Phi) is 3.70. The monoisotopic (exact) mass is 245 g/mol. The predicted molar refractivity (Wildman–Crippen MR) is 71.4 cm³/mol. The summed E-state index contributed by atoms with van der Waals surface area (Å²) in [6.45, 7) is 6.60. The number of carbonyl (C=O) groups excluding carboxylic acids is 1. The average Bonchev–Trinajstić information content (AvgIpc) is 2.79. The molecule has 2 unspecified atom stereocenters. The minimum absolute atomic E-state index is 0.105. The minimum atomic E-state index is 0.105. The van der Waals surface area contributed by atoms with Gasteiger partial charge in [0.25, 0.3) is 0 Å². The molecular weight excluding hydrogens is 226 g/mol. The van der Waals surface area contributed by atoms with E-state index in [9.17, 15) is 4.79 Å². The maximum Gasteiger partial charge on any atom is 0.223 e. The molecule has 1 aromatic rings. The van der Waals surface area contributed by atoms with Crippen LogP contribution in [0.1, 0.15) is 24.9 Å². The zero-order chi connectivity index (χ0) is 13.1. The number of rotatable bonds is 4. The van der Waals surface area contributed by atoms with E-state index < -0.39 is 0 Å². The SMILES string of the molecule is C=CC1CC(=O)N(C(C)c2ccc(OC)cc2)C1. The van der Waals surface area contributed by atoms with Gasteiger partial charge in [0, 0.05) is 18.9 Å². The number of benzene rings is 1. The van der Waals surface area contributed by atoms with Crippen LogP contribution in [0.5, 0.6) is 5.75 Å². The maximum absolute atomic E-state index is 11.9. The van der Waals surface area contributed by atoms with Crippen LogP contribution in [-0.2, 0) is 4.79 Å². The quantitative estimate of drug-likeness (QED) is 0.763. The lowest BCUT2D eigenvalue weighted by atomic mass is 10.1. The van der Waals surface area contributed by atoms with E-state index in [0.717, 1.165) is 17.9 Å². The third kappa shape index (κ3) is 2.40. The van der Waals surface area contributed by atoms with Gasteiger partial charge in [0.1, 0.15) is 5.75 Å². The molecule has 18 heavy (non-hydrogen) atoms. The van der Waals surface area contributed by atoms with Crippen molar-refractivity contribution in [2.45, 2.75) is 19.4 Å². The first-order valence-corrected chi connectivity index (χ1v) is 6.21. The Labute approximate surface area is 108 Å². The van der Waals surface area contributed by atoms with Gasteiger partial charge >= 0.3 is 0 Å². The third-order valence-corrected chi connectivity index (χ3v) is 3.59. The molecule has 0 bridgehead atoms. The zero-order valence-corrected chi connectivity index (χ0v) is 10.9. The summed E-state index contributed by atoms with van der Waals surface area (Å²) in [6, 6.07) is 7.98. The number of hydrogen-bond donors (Lipinski definition) is 0. The Morgan fingerprint density at radius 2 is 2.11 bits per heavy atom. The van der Waals surface area contributed by atoms with Gasteiger partial charge in [-0.1, -0.05) is 18.2 Å². The van der Waals surface area contributed by atoms with Crippen molar-refractivity contribution in [2.24, 2.45) is 5.92 Å². The Morgan fingerprint density at radius 3 is 2.61 bits per heavy atom. The Balaban J connectivity index is 2.12. The summed E-state index contributed by atoms with van der Waals surface area (Å²) >= 11 is 0. The number of likely N-dealkylation sites (tertiary alicyclic amines) is 1. The van der Waals surface area contributed by atoms with Crippen molar-refractivity contribution < 1.29 is 9.53 Å². The van der Waals surface area contributed by atoms with Gasteiger partial charge in [-0.05, 0) is 24.6 Å². The first-order chi connectivity index (χ1) is 8.65. The lowest BCUT2D eigenvalue weighted by Gasteiger charge is -2.25. The summed E-state index contributed by atoms with van der Waals surface area (Å²) in [6.07, 6.45) is 2.46. The number of hydrogen-bond acceptors (Lipinski definition) is 2. The molecule has 0 radical (unpaired) electrons. The highest BCUT2D eigenvalue weighted by Gasteiger charge is 2.31. The van der Waals surface area contributed by atoms with E-state index >= 15 is 0 Å². The molecule has 0 N–H and O–H groups in total. The van der Waals surface area contributed by atoms with Crippen molar-refractivity contribution in [3.63, 3.8) is 0 Å². The molecule has 0 aromatic heterocycles. The molecular formula is C15H19NO2. The lowest BCUT2D eigenvalue weighted by molar-refractivity contribution is -0.129. The van der Waals surface area contributed by atoms with Crippen molar-refractivity contribution >= 4 is 5.91 Å². The van der Waals surface area contributed by atoms with Crippen LogP contribution < -0.4 is 4.74 Å². The second kappa shape index (κ2) is 5.25. The molecule has 1 saturated heterocycles. The van der Waals surface area contributed by atoms with Gasteiger partial charge in [0.05, 0.1) is 13.2 Å². The second-order valence-corrected chi connectivity index (χ2v) is 4.70. The molecule has 3 heteroatoms. The van der Waals surface area contributed by atoms with Crippen molar-refractivity contribution in [2.75, 3.05) is 13.7 Å². The van der Waals surface area contributed by atoms with Crippen molar-refractivity contribution in [3.8, 4) is 5.75 Å². The number of ether oxygens (including phenoxy) is 1. The molecule has 0 saturated carbocycles. The molecule has 2 rings (SSSR count). The van der Waals surface area contributed by atoms with Gasteiger partial charge in [0.15, 0.2) is 0 Å². The summed E-state index contributed by atoms with van der Waals surface area (Å²) in [5.41, 5.74) is 1.13. The first kappa shape index (κ1) is 12.7. The molecule has 1 fully saturated rings. The topological polar surface area (TPSA) is 29.5 Å². The number of amides is 1. The van der Waals surface area contributed by atoms with E-state index in [1.54, 1.807) is 7.11 Å². The van der Waals surface area contributed by atoms with Crippen LogP contribution in [0.2, 0.25) is 0 Å². The van der Waals surface area contributed by atoms with Crippen LogP contribution in [0, 0.1) is 5.92 Å². The molecule has 0 spiro atoms. The molecule has 1 amide bonds. The van der Waals surface area contributed by atoms with E-state index in [1.807, 2.05) is 35.2 Å². The smallest absolute Gasteiger partial charge is 0.223 e. The summed E-state index contributed by atoms with van der Waals surface area (Å²) in [7, 11) is 1.65. The summed E-state index contributed by atoms with van der Waals surface area (Å²) in [5.74, 6) is 1.34. The minimum Gasteiger partial charge on any atom is -0.497 e. The van der Waals surface area contributed by atoms with Gasteiger partial charge in [-0.2, -0.15) is 0 Å². The predicted octanol–water partition coefficient (Wildman–Crippen LogP) is 2.79. The molecule has 96 valence electrons. The fourth-order valence-corrected chi connectivity index (χ4v) is 2.35. The molecule has 1 aliphatic rings. The molecule has 0 aliphatic carbocycles. The van der Waals surface area contributed by atoms with Crippen LogP contribution in [0.25, 0.3) is 0 Å². The molecule has 1 aliphatic heterocycles. The van der Waals surface area contributed by atoms with E-state index in [0.29, 0.717) is 6.42 Å². The zero-order valence-electron chi connectivity index (χ0n) is 10.9. The third-order valence-electron chi connectivity index (χ3n) is 3.59. The summed E-state index contributed by atoms with van der Waals surface area (Å²) in [4.78, 5) is 13.9. The average molecular weight is 245 g/mol. The number of nitrogens with zero attached hydrogens (tertiary/aromatic N) is 1. The van der Waals surface area contributed by atoms with Crippen molar-refractivity contribution in [1.82, 2.24) is 4.90 Å². The first-order valence-electron chi connectivity index (χ1n) is 6.21. The van der Waals surface area contributed by atoms with Crippen LogP contribution in [0.15, 0.2) is 36.9 Å². The van der Waals surface area contributed by atoms with E-state index in [4.69, 9.17) is 4.74 Å². The van der Waals surface area contributed by atoms with Gasteiger partial charge in [-0.3, -0.25) is 4.79 Å². The second-order valence-electron chi connectivity index (χ2n) is 4.70. The summed E-state index contributed by atoms with van der Waals surface area (Å²) < 4.78 is 5.14. The largest absolute Gasteiger partial charge is 0.497 e. The maximum atomic E-state index is 11.9. The Hall–Kier alpha value is -1.77. The van der Waals surface area contributed by atoms with Crippen molar-refractivity contribution in [1.29, 1.82) is 0 Å². The van der Waals surface area contributed by atoms with E-state index in [1.165, 1.54) is 0 Å². The van der Waals surface area contributed by atoms with Gasteiger partial charge in [-0.25, -0.2) is 0 Å². The number of methoxy groups -OCH3 is 1. The highest BCUT2D eigenvalue weighted by atomic mass is 16.5. The van der Waals surface area contributed by atoms with E-state index in [2.05, 4.69) is 13.5 Å². The highest BCUT2D eigenvalue weighted by molar-refractivity contribution is 5.79.